The first-order chi connectivity index (χ1) is 11.9. The number of ether oxygens (including phenoxy) is 2. The van der Waals surface area contributed by atoms with Crippen LogP contribution in [-0.2, 0) is 14.3 Å². The summed E-state index contributed by atoms with van der Waals surface area (Å²) in [5.74, 6) is -7.25. The molecular formula is C17H14O8. The van der Waals surface area contributed by atoms with Gasteiger partial charge in [0, 0.05) is 0 Å². The van der Waals surface area contributed by atoms with Gasteiger partial charge in [0.2, 0.25) is 11.9 Å². The Bertz CT molecular complexity index is 882. The molecule has 0 amide bonds. The van der Waals surface area contributed by atoms with Crippen molar-refractivity contribution in [3.8, 4) is 0 Å². The Hall–Kier alpha value is -3.10. The largest absolute Gasteiger partial charge is 0.505 e. The highest BCUT2D eigenvalue weighted by atomic mass is 16.7. The summed E-state index contributed by atoms with van der Waals surface area (Å²) in [5.41, 5.74) is 0.0991. The molecule has 0 spiro atoms. The number of rotatable bonds is 4. The van der Waals surface area contributed by atoms with E-state index in [0.29, 0.717) is 5.39 Å². The lowest BCUT2D eigenvalue weighted by Gasteiger charge is -2.30. The van der Waals surface area contributed by atoms with Crippen LogP contribution in [0.2, 0.25) is 0 Å². The fourth-order valence-electron chi connectivity index (χ4n) is 2.54. The Morgan fingerprint density at radius 3 is 2.48 bits per heavy atom. The number of cyclic esters (lactones) is 1. The van der Waals surface area contributed by atoms with Crippen LogP contribution >= 0.6 is 0 Å². The maximum atomic E-state index is 12.5. The molecule has 0 saturated carbocycles. The molecule has 0 aliphatic carbocycles. The van der Waals surface area contributed by atoms with Gasteiger partial charge in [0.05, 0.1) is 5.56 Å². The van der Waals surface area contributed by atoms with Gasteiger partial charge in [-0.3, -0.25) is 0 Å². The second kappa shape index (κ2) is 6.08. The van der Waals surface area contributed by atoms with E-state index in [1.807, 2.05) is 0 Å². The zero-order chi connectivity index (χ0) is 18.2. The first kappa shape index (κ1) is 16.7. The van der Waals surface area contributed by atoms with Gasteiger partial charge in [0.25, 0.3) is 5.79 Å². The number of aliphatic hydroxyl groups is 4. The fraction of sp³-hybridized carbons (Fsp3) is 0.176. The lowest BCUT2D eigenvalue weighted by molar-refractivity contribution is -0.241. The summed E-state index contributed by atoms with van der Waals surface area (Å²) in [6, 6.07) is 11.8. The zero-order valence-electron chi connectivity index (χ0n) is 12.7. The van der Waals surface area contributed by atoms with Crippen molar-refractivity contribution >= 4 is 22.7 Å². The molecule has 4 N–H and O–H groups in total. The van der Waals surface area contributed by atoms with E-state index in [1.165, 1.54) is 6.07 Å². The summed E-state index contributed by atoms with van der Waals surface area (Å²) in [6.07, 6.45) is -1.94. The van der Waals surface area contributed by atoms with Gasteiger partial charge in [0.1, 0.15) is 6.61 Å². The quantitative estimate of drug-likeness (QED) is 0.474. The normalized spacial score (nSPS) is 19.6. The standard InChI is InChI=1S/C17H14O8/c18-8-17(23,14-12(19)13(20)16(22)24-14)25-15(21)11-7-3-5-9-4-1-2-6-10(9)11/h1-7,14,18-20,23H,8H2/t14-,17+/m0/s1. The van der Waals surface area contributed by atoms with Gasteiger partial charge in [-0.2, -0.15) is 0 Å². The van der Waals surface area contributed by atoms with Crippen molar-refractivity contribution in [2.45, 2.75) is 11.9 Å². The van der Waals surface area contributed by atoms with Crippen molar-refractivity contribution in [3.05, 3.63) is 59.5 Å². The fourth-order valence-corrected chi connectivity index (χ4v) is 2.54. The molecule has 8 nitrogen and oxygen atoms in total. The summed E-state index contributed by atoms with van der Waals surface area (Å²) < 4.78 is 9.48. The van der Waals surface area contributed by atoms with Crippen LogP contribution in [0.5, 0.6) is 0 Å². The van der Waals surface area contributed by atoms with E-state index in [0.717, 1.165) is 5.39 Å². The third-order valence-corrected chi connectivity index (χ3v) is 3.82. The third-order valence-electron chi connectivity index (χ3n) is 3.82. The molecule has 2 atom stereocenters. The molecule has 0 saturated heterocycles. The van der Waals surface area contributed by atoms with Gasteiger partial charge in [-0.15, -0.1) is 0 Å². The molecule has 0 aromatic heterocycles. The smallest absolute Gasteiger partial charge is 0.378 e. The van der Waals surface area contributed by atoms with E-state index in [2.05, 4.69) is 4.74 Å². The van der Waals surface area contributed by atoms with E-state index in [1.54, 1.807) is 36.4 Å². The number of carbonyl (C=O) groups is 2. The molecule has 2 aromatic rings. The number of hydrogen-bond donors (Lipinski definition) is 4. The monoisotopic (exact) mass is 346 g/mol. The number of fused-ring (bicyclic) bond motifs is 1. The van der Waals surface area contributed by atoms with Gasteiger partial charge < -0.3 is 29.9 Å². The highest BCUT2D eigenvalue weighted by Gasteiger charge is 2.52. The van der Waals surface area contributed by atoms with Crippen LogP contribution in [-0.4, -0.2) is 50.9 Å². The number of benzene rings is 2. The highest BCUT2D eigenvalue weighted by molar-refractivity contribution is 6.04. The Morgan fingerprint density at radius 2 is 1.84 bits per heavy atom. The molecule has 2 aromatic carbocycles. The topological polar surface area (TPSA) is 134 Å². The third kappa shape index (κ3) is 2.77. The second-order valence-electron chi connectivity index (χ2n) is 5.44. The first-order valence-electron chi connectivity index (χ1n) is 7.25. The molecule has 0 fully saturated rings. The maximum absolute atomic E-state index is 12.5. The first-order valence-corrected chi connectivity index (χ1v) is 7.25. The SMILES string of the molecule is O=C1O[C@H]([C@@](O)(CO)OC(=O)c2cccc3ccccc23)C(O)=C1O. The summed E-state index contributed by atoms with van der Waals surface area (Å²) in [5, 5.41) is 40.0. The van der Waals surface area contributed by atoms with E-state index in [4.69, 9.17) is 4.74 Å². The van der Waals surface area contributed by atoms with E-state index in [-0.39, 0.29) is 5.56 Å². The van der Waals surface area contributed by atoms with Crippen molar-refractivity contribution < 1.29 is 39.5 Å². The Labute approximate surface area is 141 Å². The molecule has 1 aliphatic heterocycles. The van der Waals surface area contributed by atoms with Gasteiger partial charge in [0.15, 0.2) is 5.76 Å². The molecule has 8 heteroatoms. The molecule has 130 valence electrons. The Balaban J connectivity index is 1.94. The van der Waals surface area contributed by atoms with Gasteiger partial charge in [-0.25, -0.2) is 9.59 Å². The minimum Gasteiger partial charge on any atom is -0.505 e. The summed E-state index contributed by atoms with van der Waals surface area (Å²) in [7, 11) is 0. The molecule has 0 bridgehead atoms. The number of aliphatic hydroxyl groups excluding tert-OH is 3. The number of esters is 2. The average Bonchev–Trinajstić information content (AvgIpc) is 2.89. The van der Waals surface area contributed by atoms with Crippen LogP contribution in [0.15, 0.2) is 54.0 Å². The zero-order valence-corrected chi connectivity index (χ0v) is 12.7. The van der Waals surface area contributed by atoms with Crippen LogP contribution in [0.4, 0.5) is 0 Å². The van der Waals surface area contributed by atoms with E-state index < -0.39 is 42.0 Å². The second-order valence-corrected chi connectivity index (χ2v) is 5.44. The molecule has 0 radical (unpaired) electrons. The van der Waals surface area contributed by atoms with Crippen molar-refractivity contribution in [1.29, 1.82) is 0 Å². The van der Waals surface area contributed by atoms with Crippen molar-refractivity contribution in [2.24, 2.45) is 0 Å². The van der Waals surface area contributed by atoms with Crippen molar-refractivity contribution in [3.63, 3.8) is 0 Å². The predicted octanol–water partition coefficient (Wildman–Crippen LogP) is 0.931. The van der Waals surface area contributed by atoms with Crippen molar-refractivity contribution in [1.82, 2.24) is 0 Å². The van der Waals surface area contributed by atoms with Gasteiger partial charge in [-0.05, 0) is 16.8 Å². The lowest BCUT2D eigenvalue weighted by Crippen LogP contribution is -2.50. The van der Waals surface area contributed by atoms with E-state index in [9.17, 15) is 30.0 Å². The number of carbonyl (C=O) groups excluding carboxylic acids is 2. The molecule has 25 heavy (non-hydrogen) atoms. The summed E-state index contributed by atoms with van der Waals surface area (Å²) in [6.45, 7) is -1.18. The maximum Gasteiger partial charge on any atom is 0.378 e. The Morgan fingerprint density at radius 1 is 1.16 bits per heavy atom. The van der Waals surface area contributed by atoms with Crippen molar-refractivity contribution in [2.75, 3.05) is 6.61 Å². The van der Waals surface area contributed by atoms with Gasteiger partial charge >= 0.3 is 11.9 Å². The van der Waals surface area contributed by atoms with Gasteiger partial charge in [-0.1, -0.05) is 36.4 Å². The highest BCUT2D eigenvalue weighted by Crippen LogP contribution is 2.30. The Kier molecular flexibility index (Phi) is 4.07. The van der Waals surface area contributed by atoms with E-state index >= 15 is 0 Å². The average molecular weight is 346 g/mol. The van der Waals surface area contributed by atoms with Crippen LogP contribution in [0.1, 0.15) is 10.4 Å². The summed E-state index contributed by atoms with van der Waals surface area (Å²) >= 11 is 0. The predicted molar refractivity (Wildman–Crippen MR) is 83.6 cm³/mol. The summed E-state index contributed by atoms with van der Waals surface area (Å²) in [4.78, 5) is 23.7. The molecule has 1 heterocycles. The van der Waals surface area contributed by atoms with Crippen LogP contribution in [0, 0.1) is 0 Å². The van der Waals surface area contributed by atoms with Crippen LogP contribution in [0.3, 0.4) is 0 Å². The minimum atomic E-state index is -2.77. The molecular weight excluding hydrogens is 332 g/mol. The lowest BCUT2D eigenvalue weighted by atomic mass is 10.0. The minimum absolute atomic E-state index is 0.0991. The molecule has 0 unspecified atom stereocenters. The number of hydrogen-bond acceptors (Lipinski definition) is 8. The van der Waals surface area contributed by atoms with Crippen LogP contribution in [0.25, 0.3) is 10.8 Å². The molecule has 1 aliphatic rings. The van der Waals surface area contributed by atoms with Crippen LogP contribution < -0.4 is 0 Å². The molecule has 3 rings (SSSR count).